The highest BCUT2D eigenvalue weighted by Gasteiger charge is 2.30. The molecule has 34 heavy (non-hydrogen) atoms. The number of benzene rings is 2. The van der Waals surface area contributed by atoms with Gasteiger partial charge in [-0.1, -0.05) is 31.2 Å². The van der Waals surface area contributed by atoms with Crippen molar-refractivity contribution in [2.75, 3.05) is 38.2 Å². The van der Waals surface area contributed by atoms with Crippen molar-refractivity contribution >= 4 is 33.4 Å². The minimum Gasteiger partial charge on any atom is -0.497 e. The van der Waals surface area contributed by atoms with Crippen molar-refractivity contribution in [3.63, 3.8) is 0 Å². The molecular weight excluding hydrogens is 430 g/mol. The second-order valence-corrected chi connectivity index (χ2v) is 8.66. The number of fused-ring (bicyclic) bond motifs is 3. The van der Waals surface area contributed by atoms with Gasteiger partial charge in [-0.2, -0.15) is 5.10 Å². The number of rotatable bonds is 5. The molecule has 1 saturated heterocycles. The Balaban J connectivity index is 1.46. The van der Waals surface area contributed by atoms with Crippen molar-refractivity contribution in [3.05, 3.63) is 65.1 Å². The van der Waals surface area contributed by atoms with Gasteiger partial charge in [-0.3, -0.25) is 9.59 Å². The van der Waals surface area contributed by atoms with Crippen LogP contribution in [0.3, 0.4) is 0 Å². The number of carbonyl (C=O) groups excluding carboxylic acids is 1. The molecule has 1 aliphatic rings. The van der Waals surface area contributed by atoms with E-state index in [-0.39, 0.29) is 11.5 Å². The van der Waals surface area contributed by atoms with Crippen LogP contribution in [0.2, 0.25) is 0 Å². The maximum atomic E-state index is 13.8. The summed E-state index contributed by atoms with van der Waals surface area (Å²) in [6.45, 7) is 4.75. The molecule has 1 unspecified atom stereocenters. The van der Waals surface area contributed by atoms with Crippen molar-refractivity contribution < 1.29 is 9.53 Å². The Bertz CT molecular complexity index is 1420. The average Bonchev–Trinajstić information content (AvgIpc) is 3.21. The van der Waals surface area contributed by atoms with Gasteiger partial charge in [0.15, 0.2) is 0 Å². The SMILES string of the molecule is CCC(C(=O)N1CCN(c2cccc(OC)c2)CC1)n1c2ccccc2c2cnn(C)c(=O)c21. The Hall–Kier alpha value is -3.81. The Morgan fingerprint density at radius 3 is 2.56 bits per heavy atom. The van der Waals surface area contributed by atoms with Gasteiger partial charge >= 0.3 is 0 Å². The van der Waals surface area contributed by atoms with Crippen molar-refractivity contribution in [1.29, 1.82) is 0 Å². The zero-order valence-corrected chi connectivity index (χ0v) is 19.8. The summed E-state index contributed by atoms with van der Waals surface area (Å²) in [5, 5.41) is 5.95. The number of anilines is 1. The van der Waals surface area contributed by atoms with E-state index in [2.05, 4.69) is 16.1 Å². The van der Waals surface area contributed by atoms with E-state index in [4.69, 9.17) is 4.74 Å². The molecule has 2 aromatic heterocycles. The van der Waals surface area contributed by atoms with E-state index in [0.29, 0.717) is 25.0 Å². The smallest absolute Gasteiger partial charge is 0.291 e. The zero-order chi connectivity index (χ0) is 23.8. The standard InChI is InChI=1S/C26H29N5O3/c1-4-22(25(32)30-14-12-29(13-15-30)18-8-7-9-19(16-18)34-3)31-23-11-6-5-10-20(23)21-17-27-28(2)26(33)24(21)31/h5-11,16-17,22H,4,12-15H2,1-3H3. The van der Waals surface area contributed by atoms with Gasteiger partial charge in [-0.05, 0) is 24.6 Å². The molecule has 0 spiro atoms. The van der Waals surface area contributed by atoms with E-state index in [0.717, 1.165) is 40.8 Å². The summed E-state index contributed by atoms with van der Waals surface area (Å²) in [6, 6.07) is 15.4. The first kappa shape index (κ1) is 22.0. The molecule has 0 bridgehead atoms. The van der Waals surface area contributed by atoms with E-state index < -0.39 is 6.04 Å². The Morgan fingerprint density at radius 1 is 1.06 bits per heavy atom. The predicted molar refractivity (Wildman–Crippen MR) is 134 cm³/mol. The average molecular weight is 460 g/mol. The lowest BCUT2D eigenvalue weighted by molar-refractivity contribution is -0.135. The summed E-state index contributed by atoms with van der Waals surface area (Å²) < 4.78 is 8.63. The monoisotopic (exact) mass is 459 g/mol. The summed E-state index contributed by atoms with van der Waals surface area (Å²) in [6.07, 6.45) is 2.31. The van der Waals surface area contributed by atoms with Gasteiger partial charge in [0.05, 0.1) is 18.8 Å². The summed E-state index contributed by atoms with van der Waals surface area (Å²) in [4.78, 5) is 31.1. The molecule has 3 heterocycles. The van der Waals surface area contributed by atoms with Crippen LogP contribution in [0.4, 0.5) is 5.69 Å². The molecule has 2 aromatic carbocycles. The number of piperazine rings is 1. The molecule has 4 aromatic rings. The number of carbonyl (C=O) groups is 1. The maximum absolute atomic E-state index is 13.8. The van der Waals surface area contributed by atoms with Crippen molar-refractivity contribution in [1.82, 2.24) is 19.2 Å². The molecule has 1 amide bonds. The molecule has 0 aliphatic carbocycles. The van der Waals surface area contributed by atoms with Gasteiger partial charge in [0.25, 0.3) is 5.56 Å². The van der Waals surface area contributed by atoms with Crippen LogP contribution in [0.5, 0.6) is 5.75 Å². The molecular formula is C26H29N5O3. The van der Waals surface area contributed by atoms with Crippen LogP contribution in [0, 0.1) is 0 Å². The number of amides is 1. The lowest BCUT2D eigenvalue weighted by atomic mass is 10.1. The fourth-order valence-electron chi connectivity index (χ4n) is 4.98. The first-order chi connectivity index (χ1) is 16.5. The number of methoxy groups -OCH3 is 1. The minimum absolute atomic E-state index is 0.0503. The van der Waals surface area contributed by atoms with Crippen LogP contribution in [0.15, 0.2) is 59.5 Å². The van der Waals surface area contributed by atoms with Gasteiger partial charge < -0.3 is 19.1 Å². The highest BCUT2D eigenvalue weighted by Crippen LogP contribution is 2.32. The number of hydrogen-bond acceptors (Lipinski definition) is 5. The fourth-order valence-corrected chi connectivity index (χ4v) is 4.98. The molecule has 8 nitrogen and oxygen atoms in total. The third-order valence-electron chi connectivity index (χ3n) is 6.80. The third kappa shape index (κ3) is 3.59. The molecule has 1 atom stereocenters. The van der Waals surface area contributed by atoms with Crippen molar-refractivity contribution in [2.45, 2.75) is 19.4 Å². The third-order valence-corrected chi connectivity index (χ3v) is 6.80. The van der Waals surface area contributed by atoms with Gasteiger partial charge in [0.1, 0.15) is 17.3 Å². The van der Waals surface area contributed by atoms with E-state index in [1.807, 2.05) is 58.9 Å². The highest BCUT2D eigenvalue weighted by atomic mass is 16.5. The van der Waals surface area contributed by atoms with E-state index in [9.17, 15) is 9.59 Å². The van der Waals surface area contributed by atoms with Gasteiger partial charge in [-0.25, -0.2) is 4.68 Å². The number of para-hydroxylation sites is 1. The van der Waals surface area contributed by atoms with Gasteiger partial charge in [0.2, 0.25) is 5.91 Å². The molecule has 1 aliphatic heterocycles. The van der Waals surface area contributed by atoms with Crippen LogP contribution in [0.1, 0.15) is 19.4 Å². The van der Waals surface area contributed by atoms with Crippen LogP contribution in [-0.2, 0) is 11.8 Å². The molecule has 1 fully saturated rings. The zero-order valence-electron chi connectivity index (χ0n) is 19.8. The summed E-state index contributed by atoms with van der Waals surface area (Å²) >= 11 is 0. The molecule has 5 rings (SSSR count). The topological polar surface area (TPSA) is 72.6 Å². The predicted octanol–water partition coefficient (Wildman–Crippen LogP) is 3.20. The molecule has 8 heteroatoms. The van der Waals surface area contributed by atoms with Gasteiger partial charge in [-0.15, -0.1) is 0 Å². The minimum atomic E-state index is -0.458. The van der Waals surface area contributed by atoms with Crippen LogP contribution >= 0.6 is 0 Å². The summed E-state index contributed by atoms with van der Waals surface area (Å²) in [5.41, 5.74) is 2.33. The number of aryl methyl sites for hydroxylation is 1. The molecule has 0 radical (unpaired) electrons. The number of nitrogens with zero attached hydrogens (tertiary/aromatic N) is 5. The van der Waals surface area contributed by atoms with E-state index >= 15 is 0 Å². The summed E-state index contributed by atoms with van der Waals surface area (Å²) in [7, 11) is 3.31. The molecule has 0 saturated carbocycles. The number of hydrogen-bond donors (Lipinski definition) is 0. The largest absolute Gasteiger partial charge is 0.497 e. The molecule has 176 valence electrons. The second kappa shape index (κ2) is 8.85. The lowest BCUT2D eigenvalue weighted by Gasteiger charge is -2.38. The Morgan fingerprint density at radius 2 is 1.82 bits per heavy atom. The summed E-state index contributed by atoms with van der Waals surface area (Å²) in [5.74, 6) is 0.874. The first-order valence-electron chi connectivity index (χ1n) is 11.7. The maximum Gasteiger partial charge on any atom is 0.291 e. The molecule has 0 N–H and O–H groups in total. The van der Waals surface area contributed by atoms with Crippen molar-refractivity contribution in [3.8, 4) is 5.75 Å². The van der Waals surface area contributed by atoms with Crippen LogP contribution in [-0.4, -0.2) is 58.4 Å². The quantitative estimate of drug-likeness (QED) is 0.458. The van der Waals surface area contributed by atoms with Crippen LogP contribution in [0.25, 0.3) is 21.8 Å². The van der Waals surface area contributed by atoms with Gasteiger partial charge in [0, 0.05) is 55.8 Å². The van der Waals surface area contributed by atoms with E-state index in [1.165, 1.54) is 4.68 Å². The number of ether oxygens (including phenoxy) is 1. The Labute approximate surface area is 197 Å². The Kier molecular flexibility index (Phi) is 5.73. The number of aromatic nitrogens is 3. The lowest BCUT2D eigenvalue weighted by Crippen LogP contribution is -2.50. The van der Waals surface area contributed by atoms with E-state index in [1.54, 1.807) is 20.4 Å². The normalized spacial score (nSPS) is 15.1. The van der Waals surface area contributed by atoms with Crippen LogP contribution < -0.4 is 15.2 Å². The van der Waals surface area contributed by atoms with Crippen molar-refractivity contribution in [2.24, 2.45) is 7.05 Å². The highest BCUT2D eigenvalue weighted by molar-refractivity contribution is 6.08. The fraction of sp³-hybridized carbons (Fsp3) is 0.346. The second-order valence-electron chi connectivity index (χ2n) is 8.66. The first-order valence-corrected chi connectivity index (χ1v) is 11.7.